The second-order valence-corrected chi connectivity index (χ2v) is 7.87. The molecule has 0 radical (unpaired) electrons. The second kappa shape index (κ2) is 9.51. The second-order valence-electron chi connectivity index (χ2n) is 7.05. The summed E-state index contributed by atoms with van der Waals surface area (Å²) in [6, 6.07) is 12.4. The van der Waals surface area contributed by atoms with Crippen molar-refractivity contribution in [1.82, 2.24) is 14.9 Å². The average Bonchev–Trinajstić information content (AvgIpc) is 3.13. The Kier molecular flexibility index (Phi) is 6.56. The predicted octanol–water partition coefficient (Wildman–Crippen LogP) is 3.57. The molecule has 2 heterocycles. The fraction of sp³-hybridized carbons (Fsp3) is 0.227. The number of nitrogens with one attached hydrogen (secondary N) is 1. The highest BCUT2D eigenvalue weighted by Gasteiger charge is 2.18. The van der Waals surface area contributed by atoms with Crippen LogP contribution >= 0.6 is 23.2 Å². The molecule has 31 heavy (non-hydrogen) atoms. The van der Waals surface area contributed by atoms with Gasteiger partial charge in [-0.1, -0.05) is 41.4 Å². The minimum Gasteiger partial charge on any atom is -0.378 e. The lowest BCUT2D eigenvalue weighted by Crippen LogP contribution is -2.42. The number of amides is 2. The Morgan fingerprint density at radius 1 is 1.10 bits per heavy atom. The number of rotatable bonds is 5. The van der Waals surface area contributed by atoms with Crippen LogP contribution in [0.25, 0.3) is 10.9 Å². The molecule has 1 aliphatic rings. The van der Waals surface area contributed by atoms with Crippen molar-refractivity contribution in [2.75, 3.05) is 26.3 Å². The van der Waals surface area contributed by atoms with Crippen molar-refractivity contribution < 1.29 is 14.3 Å². The zero-order valence-electron chi connectivity index (χ0n) is 16.6. The Hall–Kier alpha value is -2.87. The number of hydrogen-bond donors (Lipinski definition) is 1. The Balaban J connectivity index is 1.50. The first-order chi connectivity index (χ1) is 15.0. The topological polar surface area (TPSA) is 75.9 Å². The summed E-state index contributed by atoms with van der Waals surface area (Å²) in [5, 5.41) is 5.69. The van der Waals surface area contributed by atoms with Crippen molar-refractivity contribution >= 4 is 52.1 Å². The number of hydrogen-bond acceptors (Lipinski definition) is 4. The van der Waals surface area contributed by atoms with Crippen molar-refractivity contribution in [1.29, 1.82) is 0 Å². The molecule has 0 bridgehead atoms. The van der Waals surface area contributed by atoms with Gasteiger partial charge < -0.3 is 14.2 Å². The number of benzene rings is 2. The molecular formula is C22H20Cl2N4O3. The molecule has 0 unspecified atom stereocenters. The zero-order valence-corrected chi connectivity index (χ0v) is 18.1. The van der Waals surface area contributed by atoms with Crippen LogP contribution in [0.1, 0.15) is 15.9 Å². The summed E-state index contributed by atoms with van der Waals surface area (Å²) >= 11 is 11.8. The molecule has 0 spiro atoms. The SMILES string of the molecule is O=C(N/N=C\c1cn(CC(=O)N2CCOCC2)c2ccccc12)c1ccc(Cl)c(Cl)c1. The number of aromatic nitrogens is 1. The highest BCUT2D eigenvalue weighted by atomic mass is 35.5. The van der Waals surface area contributed by atoms with E-state index in [0.717, 1.165) is 16.5 Å². The molecule has 0 saturated carbocycles. The summed E-state index contributed by atoms with van der Waals surface area (Å²) in [5.41, 5.74) is 4.55. The van der Waals surface area contributed by atoms with Crippen molar-refractivity contribution in [3.8, 4) is 0 Å². The first kappa shape index (κ1) is 21.4. The monoisotopic (exact) mass is 458 g/mol. The van der Waals surface area contributed by atoms with Gasteiger partial charge >= 0.3 is 0 Å². The van der Waals surface area contributed by atoms with Crippen LogP contribution in [0.2, 0.25) is 10.0 Å². The molecule has 1 saturated heterocycles. The maximum atomic E-state index is 12.7. The Bertz CT molecular complexity index is 1150. The molecule has 7 nitrogen and oxygen atoms in total. The van der Waals surface area contributed by atoms with Crippen LogP contribution in [-0.2, 0) is 16.1 Å². The maximum Gasteiger partial charge on any atom is 0.271 e. The summed E-state index contributed by atoms with van der Waals surface area (Å²) in [4.78, 5) is 26.8. The van der Waals surface area contributed by atoms with Gasteiger partial charge in [-0.3, -0.25) is 9.59 Å². The van der Waals surface area contributed by atoms with E-state index in [9.17, 15) is 9.59 Å². The zero-order chi connectivity index (χ0) is 21.8. The number of para-hydroxylation sites is 1. The highest BCUT2D eigenvalue weighted by molar-refractivity contribution is 6.42. The van der Waals surface area contributed by atoms with Crippen LogP contribution in [0.5, 0.6) is 0 Å². The van der Waals surface area contributed by atoms with E-state index in [1.807, 2.05) is 39.9 Å². The van der Waals surface area contributed by atoms with Gasteiger partial charge in [0.05, 0.1) is 29.5 Å². The number of halogens is 2. The van der Waals surface area contributed by atoms with Gasteiger partial charge in [0.2, 0.25) is 5.91 Å². The predicted molar refractivity (Wildman–Crippen MR) is 121 cm³/mol. The summed E-state index contributed by atoms with van der Waals surface area (Å²) in [5.74, 6) is -0.360. The minimum absolute atomic E-state index is 0.0421. The van der Waals surface area contributed by atoms with E-state index in [2.05, 4.69) is 10.5 Å². The molecule has 1 N–H and O–H groups in total. The smallest absolute Gasteiger partial charge is 0.271 e. The van der Waals surface area contributed by atoms with Gasteiger partial charge in [-0.25, -0.2) is 5.43 Å². The van der Waals surface area contributed by atoms with Crippen molar-refractivity contribution in [2.45, 2.75) is 6.54 Å². The first-order valence-corrected chi connectivity index (χ1v) is 10.5. The highest BCUT2D eigenvalue weighted by Crippen LogP contribution is 2.23. The molecule has 1 fully saturated rings. The lowest BCUT2D eigenvalue weighted by Gasteiger charge is -2.27. The summed E-state index contributed by atoms with van der Waals surface area (Å²) in [6.45, 7) is 2.56. The molecular weight excluding hydrogens is 439 g/mol. The number of fused-ring (bicyclic) bond motifs is 1. The van der Waals surface area contributed by atoms with Gasteiger partial charge in [-0.15, -0.1) is 0 Å². The normalized spacial score (nSPS) is 14.3. The van der Waals surface area contributed by atoms with E-state index in [1.165, 1.54) is 6.07 Å². The van der Waals surface area contributed by atoms with E-state index in [4.69, 9.17) is 27.9 Å². The van der Waals surface area contributed by atoms with Crippen LogP contribution in [0.15, 0.2) is 53.8 Å². The van der Waals surface area contributed by atoms with E-state index in [-0.39, 0.29) is 12.5 Å². The Morgan fingerprint density at radius 3 is 2.65 bits per heavy atom. The molecule has 2 amide bonds. The molecule has 0 aliphatic carbocycles. The van der Waals surface area contributed by atoms with E-state index >= 15 is 0 Å². The van der Waals surface area contributed by atoms with E-state index < -0.39 is 5.91 Å². The van der Waals surface area contributed by atoms with Crippen molar-refractivity contribution in [3.63, 3.8) is 0 Å². The third-order valence-electron chi connectivity index (χ3n) is 5.04. The fourth-order valence-electron chi connectivity index (χ4n) is 3.43. The number of hydrazone groups is 1. The lowest BCUT2D eigenvalue weighted by atomic mass is 10.2. The minimum atomic E-state index is -0.402. The third-order valence-corrected chi connectivity index (χ3v) is 5.78. The van der Waals surface area contributed by atoms with Crippen LogP contribution in [-0.4, -0.2) is 53.8 Å². The van der Waals surface area contributed by atoms with E-state index in [0.29, 0.717) is 41.9 Å². The van der Waals surface area contributed by atoms with Gasteiger partial charge in [-0.05, 0) is 24.3 Å². The Morgan fingerprint density at radius 2 is 1.87 bits per heavy atom. The van der Waals surface area contributed by atoms with Crippen LogP contribution in [0.3, 0.4) is 0 Å². The number of nitrogens with zero attached hydrogens (tertiary/aromatic N) is 3. The number of morpholine rings is 1. The molecule has 0 atom stereocenters. The van der Waals surface area contributed by atoms with Gasteiger partial charge in [0.25, 0.3) is 5.91 Å². The molecule has 9 heteroatoms. The largest absolute Gasteiger partial charge is 0.378 e. The van der Waals surface area contributed by atoms with Gasteiger partial charge in [0.1, 0.15) is 6.54 Å². The van der Waals surface area contributed by atoms with E-state index in [1.54, 1.807) is 18.3 Å². The van der Waals surface area contributed by atoms with Gasteiger partial charge in [0, 0.05) is 41.3 Å². The van der Waals surface area contributed by atoms with Crippen LogP contribution in [0, 0.1) is 0 Å². The van der Waals surface area contributed by atoms with Crippen LogP contribution < -0.4 is 5.43 Å². The average molecular weight is 459 g/mol. The van der Waals surface area contributed by atoms with Crippen LogP contribution in [0.4, 0.5) is 0 Å². The number of carbonyl (C=O) groups excluding carboxylic acids is 2. The fourth-order valence-corrected chi connectivity index (χ4v) is 3.73. The molecule has 1 aromatic heterocycles. The quantitative estimate of drug-likeness (QED) is 0.468. The summed E-state index contributed by atoms with van der Waals surface area (Å²) < 4.78 is 7.21. The van der Waals surface area contributed by atoms with Crippen molar-refractivity contribution in [2.24, 2.45) is 5.10 Å². The van der Waals surface area contributed by atoms with Crippen molar-refractivity contribution in [3.05, 3.63) is 69.8 Å². The molecule has 160 valence electrons. The maximum absolute atomic E-state index is 12.7. The number of carbonyl (C=O) groups is 2. The molecule has 2 aromatic carbocycles. The first-order valence-electron chi connectivity index (χ1n) is 9.75. The molecule has 1 aliphatic heterocycles. The molecule has 3 aromatic rings. The van der Waals surface area contributed by atoms with Gasteiger partial charge in [0.15, 0.2) is 0 Å². The standard InChI is InChI=1S/C22H20Cl2N4O3/c23-18-6-5-15(11-19(18)24)22(30)26-25-12-16-13-28(20-4-2-1-3-17(16)20)14-21(29)27-7-9-31-10-8-27/h1-6,11-13H,7-10,14H2,(H,26,30)/b25-12-. The lowest BCUT2D eigenvalue weighted by molar-refractivity contribution is -0.135. The van der Waals surface area contributed by atoms with Gasteiger partial charge in [-0.2, -0.15) is 5.10 Å². The third kappa shape index (κ3) is 4.90. The molecule has 4 rings (SSSR count). The number of ether oxygens (including phenoxy) is 1. The summed E-state index contributed by atoms with van der Waals surface area (Å²) in [7, 11) is 0. The summed E-state index contributed by atoms with van der Waals surface area (Å²) in [6.07, 6.45) is 3.42. The Labute approximate surface area is 189 Å².